The molecule has 0 saturated heterocycles. The number of fused-ring (bicyclic) bond motifs is 1. The van der Waals surface area contributed by atoms with Crippen molar-refractivity contribution >= 4 is 26.0 Å². The van der Waals surface area contributed by atoms with E-state index in [9.17, 15) is 8.42 Å². The summed E-state index contributed by atoms with van der Waals surface area (Å²) in [6.07, 6.45) is 0.714. The molecule has 0 radical (unpaired) electrons. The lowest BCUT2D eigenvalue weighted by Gasteiger charge is -2.36. The number of rotatable bonds is 3. The molecule has 1 atom stereocenters. The van der Waals surface area contributed by atoms with Gasteiger partial charge in [0.2, 0.25) is 10.0 Å². The monoisotopic (exact) mass is 441 g/mol. The van der Waals surface area contributed by atoms with Gasteiger partial charge in [-0.1, -0.05) is 70.0 Å². The molecule has 3 aromatic rings. The van der Waals surface area contributed by atoms with E-state index >= 15 is 0 Å². The van der Waals surface area contributed by atoms with Gasteiger partial charge in [0.1, 0.15) is 0 Å². The van der Waals surface area contributed by atoms with Gasteiger partial charge in [0.25, 0.3) is 0 Å². The topological polar surface area (TPSA) is 37.4 Å². The van der Waals surface area contributed by atoms with Crippen molar-refractivity contribution in [3.8, 4) is 0 Å². The van der Waals surface area contributed by atoms with Gasteiger partial charge in [-0.25, -0.2) is 8.42 Å². The minimum Gasteiger partial charge on any atom is -0.207 e. The van der Waals surface area contributed by atoms with Gasteiger partial charge in [-0.05, 0) is 54.3 Å². The van der Waals surface area contributed by atoms with E-state index in [2.05, 4.69) is 22.0 Å². The minimum atomic E-state index is -3.61. The van der Waals surface area contributed by atoms with Crippen LogP contribution in [0.2, 0.25) is 0 Å². The Kier molecular flexibility index (Phi) is 4.93. The summed E-state index contributed by atoms with van der Waals surface area (Å²) in [6, 6.07) is 22.8. The standard InChI is InChI=1S/C22H20BrNO2S/c1-16-9-11-20(12-10-16)27(25,26)24-14-13-17-5-2-3-8-21(17)22(24)18-6-4-7-19(23)15-18/h2-12,15,22H,13-14H2,1H3. The summed E-state index contributed by atoms with van der Waals surface area (Å²) in [5, 5.41) is 0. The Bertz CT molecular complexity index is 1080. The molecular weight excluding hydrogens is 422 g/mol. The van der Waals surface area contributed by atoms with Crippen molar-refractivity contribution in [1.82, 2.24) is 4.31 Å². The fourth-order valence-corrected chi connectivity index (χ4v) is 5.68. The number of benzene rings is 3. The maximum atomic E-state index is 13.5. The zero-order chi connectivity index (χ0) is 19.0. The van der Waals surface area contributed by atoms with Crippen molar-refractivity contribution in [2.75, 3.05) is 6.54 Å². The fourth-order valence-electron chi connectivity index (χ4n) is 3.67. The van der Waals surface area contributed by atoms with E-state index < -0.39 is 10.0 Å². The van der Waals surface area contributed by atoms with Crippen LogP contribution in [0.4, 0.5) is 0 Å². The van der Waals surface area contributed by atoms with E-state index in [0.717, 1.165) is 21.2 Å². The second-order valence-corrected chi connectivity index (χ2v) is 9.64. The maximum absolute atomic E-state index is 13.5. The first-order valence-corrected chi connectivity index (χ1v) is 11.1. The summed E-state index contributed by atoms with van der Waals surface area (Å²) in [7, 11) is -3.61. The first-order chi connectivity index (χ1) is 13.0. The zero-order valence-corrected chi connectivity index (χ0v) is 17.4. The van der Waals surface area contributed by atoms with Crippen molar-refractivity contribution in [3.05, 3.63) is 99.5 Å². The van der Waals surface area contributed by atoms with Crippen LogP contribution >= 0.6 is 15.9 Å². The number of aryl methyl sites for hydroxylation is 1. The molecule has 0 N–H and O–H groups in total. The molecule has 138 valence electrons. The maximum Gasteiger partial charge on any atom is 0.243 e. The van der Waals surface area contributed by atoms with Crippen LogP contribution in [0, 0.1) is 6.92 Å². The molecule has 3 nitrogen and oxygen atoms in total. The molecule has 1 unspecified atom stereocenters. The van der Waals surface area contributed by atoms with Gasteiger partial charge in [0.05, 0.1) is 10.9 Å². The molecule has 0 spiro atoms. The summed E-state index contributed by atoms with van der Waals surface area (Å²) in [5.41, 5.74) is 4.27. The Hall–Kier alpha value is -1.95. The minimum absolute atomic E-state index is 0.334. The average Bonchev–Trinajstić information content (AvgIpc) is 2.67. The van der Waals surface area contributed by atoms with Crippen molar-refractivity contribution in [3.63, 3.8) is 0 Å². The smallest absolute Gasteiger partial charge is 0.207 e. The van der Waals surface area contributed by atoms with Crippen molar-refractivity contribution in [1.29, 1.82) is 0 Å². The highest BCUT2D eigenvalue weighted by Crippen LogP contribution is 2.39. The Balaban J connectivity index is 1.87. The highest BCUT2D eigenvalue weighted by molar-refractivity contribution is 9.10. The molecule has 4 rings (SSSR count). The molecule has 0 aliphatic carbocycles. The van der Waals surface area contributed by atoms with Crippen molar-refractivity contribution in [2.24, 2.45) is 0 Å². The van der Waals surface area contributed by atoms with Crippen LogP contribution in [0.3, 0.4) is 0 Å². The third-order valence-corrected chi connectivity index (χ3v) is 7.40. The molecule has 1 heterocycles. The molecule has 0 aromatic heterocycles. The molecule has 0 amide bonds. The average molecular weight is 442 g/mol. The van der Waals surface area contributed by atoms with Crippen LogP contribution in [-0.4, -0.2) is 19.3 Å². The SMILES string of the molecule is Cc1ccc(S(=O)(=O)N2CCc3ccccc3C2c2cccc(Br)c2)cc1. The molecule has 3 aromatic carbocycles. The third-order valence-electron chi connectivity index (χ3n) is 5.03. The quantitative estimate of drug-likeness (QED) is 0.567. The molecular formula is C22H20BrNO2S. The summed E-state index contributed by atoms with van der Waals surface area (Å²) in [5.74, 6) is 0. The second kappa shape index (κ2) is 7.23. The van der Waals surface area contributed by atoms with Gasteiger partial charge >= 0.3 is 0 Å². The molecule has 5 heteroatoms. The first-order valence-electron chi connectivity index (χ1n) is 8.88. The highest BCUT2D eigenvalue weighted by Gasteiger charge is 2.37. The van der Waals surface area contributed by atoms with Gasteiger partial charge in [-0.3, -0.25) is 0 Å². The fraction of sp³-hybridized carbons (Fsp3) is 0.182. The van der Waals surface area contributed by atoms with Crippen molar-refractivity contribution in [2.45, 2.75) is 24.3 Å². The first kappa shape index (κ1) is 18.4. The predicted octanol–water partition coefficient (Wildman–Crippen LogP) is 5.09. The highest BCUT2D eigenvalue weighted by atomic mass is 79.9. The van der Waals surface area contributed by atoms with Gasteiger partial charge < -0.3 is 0 Å². The molecule has 27 heavy (non-hydrogen) atoms. The number of nitrogens with zero attached hydrogens (tertiary/aromatic N) is 1. The molecule has 1 aliphatic rings. The second-order valence-electron chi connectivity index (χ2n) is 6.84. The lowest BCUT2D eigenvalue weighted by molar-refractivity contribution is 0.344. The summed E-state index contributed by atoms with van der Waals surface area (Å²) in [4.78, 5) is 0.340. The van der Waals surface area contributed by atoms with Crippen LogP contribution in [-0.2, 0) is 16.4 Å². The summed E-state index contributed by atoms with van der Waals surface area (Å²) < 4.78 is 29.6. The van der Waals surface area contributed by atoms with Crippen molar-refractivity contribution < 1.29 is 8.42 Å². The number of halogens is 1. The van der Waals surface area contributed by atoms with E-state index in [-0.39, 0.29) is 6.04 Å². The van der Waals surface area contributed by atoms with Gasteiger partial charge in [-0.2, -0.15) is 4.31 Å². The van der Waals surface area contributed by atoms with Gasteiger partial charge in [0, 0.05) is 11.0 Å². The number of hydrogen-bond acceptors (Lipinski definition) is 2. The Labute approximate surface area is 168 Å². The Morgan fingerprint density at radius 1 is 0.963 bits per heavy atom. The predicted molar refractivity (Wildman–Crippen MR) is 111 cm³/mol. The zero-order valence-electron chi connectivity index (χ0n) is 15.0. The van der Waals surface area contributed by atoms with Crippen LogP contribution in [0.15, 0.2) is 82.2 Å². The summed E-state index contributed by atoms with van der Waals surface area (Å²) >= 11 is 3.52. The lowest BCUT2D eigenvalue weighted by Crippen LogP contribution is -2.40. The van der Waals surface area contributed by atoms with Gasteiger partial charge in [0.15, 0.2) is 0 Å². The van der Waals surface area contributed by atoms with Crippen LogP contribution < -0.4 is 0 Å². The van der Waals surface area contributed by atoms with Crippen LogP contribution in [0.25, 0.3) is 0 Å². The van der Waals surface area contributed by atoms with E-state index in [4.69, 9.17) is 0 Å². The number of sulfonamides is 1. The van der Waals surface area contributed by atoms with Gasteiger partial charge in [-0.15, -0.1) is 0 Å². The van der Waals surface area contributed by atoms with E-state index in [1.165, 1.54) is 5.56 Å². The van der Waals surface area contributed by atoms with Crippen LogP contribution in [0.5, 0.6) is 0 Å². The Morgan fingerprint density at radius 2 is 1.70 bits per heavy atom. The number of hydrogen-bond donors (Lipinski definition) is 0. The molecule has 1 aliphatic heterocycles. The third kappa shape index (κ3) is 3.47. The Morgan fingerprint density at radius 3 is 2.44 bits per heavy atom. The molecule has 0 bridgehead atoms. The summed E-state index contributed by atoms with van der Waals surface area (Å²) in [6.45, 7) is 2.42. The van der Waals surface area contributed by atoms with E-state index in [1.807, 2.05) is 61.5 Å². The van der Waals surface area contributed by atoms with Crippen LogP contribution in [0.1, 0.15) is 28.3 Å². The normalized spacial score (nSPS) is 17.5. The molecule has 0 saturated carbocycles. The molecule has 0 fully saturated rings. The van der Waals surface area contributed by atoms with E-state index in [1.54, 1.807) is 16.4 Å². The largest absolute Gasteiger partial charge is 0.243 e. The van der Waals surface area contributed by atoms with E-state index in [0.29, 0.717) is 17.9 Å². The lowest BCUT2D eigenvalue weighted by atomic mass is 9.90.